The Kier molecular flexibility index (Phi) is 2.69. The SMILES string of the molecule is N[C@@H]1CCN(C(=O)[C@@H]2C[C@@H](F)CN2)C1. The molecule has 4 nitrogen and oxygen atoms in total. The molecule has 3 N–H and O–H groups in total. The molecule has 0 unspecified atom stereocenters. The van der Waals surface area contributed by atoms with Crippen LogP contribution in [-0.4, -0.2) is 48.7 Å². The van der Waals surface area contributed by atoms with Crippen molar-refractivity contribution in [3.8, 4) is 0 Å². The lowest BCUT2D eigenvalue weighted by Crippen LogP contribution is -2.43. The van der Waals surface area contributed by atoms with Crippen molar-refractivity contribution in [2.24, 2.45) is 5.73 Å². The zero-order valence-corrected chi connectivity index (χ0v) is 8.08. The number of likely N-dealkylation sites (tertiary alicyclic amines) is 1. The van der Waals surface area contributed by atoms with Crippen LogP contribution in [0.4, 0.5) is 4.39 Å². The molecule has 0 aliphatic carbocycles. The monoisotopic (exact) mass is 201 g/mol. The van der Waals surface area contributed by atoms with Gasteiger partial charge >= 0.3 is 0 Å². The van der Waals surface area contributed by atoms with Crippen molar-refractivity contribution in [2.75, 3.05) is 19.6 Å². The number of rotatable bonds is 1. The summed E-state index contributed by atoms with van der Waals surface area (Å²) in [6.45, 7) is 1.64. The smallest absolute Gasteiger partial charge is 0.239 e. The molecule has 2 heterocycles. The first-order valence-electron chi connectivity index (χ1n) is 5.08. The third-order valence-corrected chi connectivity index (χ3v) is 2.91. The van der Waals surface area contributed by atoms with Gasteiger partial charge in [0.2, 0.25) is 5.91 Å². The van der Waals surface area contributed by atoms with Crippen LogP contribution in [0, 0.1) is 0 Å². The number of nitrogens with one attached hydrogen (secondary N) is 1. The molecule has 0 aromatic carbocycles. The summed E-state index contributed by atoms with van der Waals surface area (Å²) in [5.41, 5.74) is 5.70. The molecule has 3 atom stereocenters. The summed E-state index contributed by atoms with van der Waals surface area (Å²) in [4.78, 5) is 13.5. The third-order valence-electron chi connectivity index (χ3n) is 2.91. The van der Waals surface area contributed by atoms with Gasteiger partial charge in [0.05, 0.1) is 6.04 Å². The van der Waals surface area contributed by atoms with E-state index in [1.165, 1.54) is 0 Å². The van der Waals surface area contributed by atoms with Gasteiger partial charge in [-0.2, -0.15) is 0 Å². The maximum atomic E-state index is 12.8. The average Bonchev–Trinajstić information content (AvgIpc) is 2.73. The molecule has 2 saturated heterocycles. The van der Waals surface area contributed by atoms with Gasteiger partial charge in [0.25, 0.3) is 0 Å². The standard InChI is InChI=1S/C9H16FN3O/c10-6-3-8(12-4-6)9(14)13-2-1-7(11)5-13/h6-8,12H,1-5,11H2/t6-,7-,8+/m1/s1. The molecule has 2 rings (SSSR count). The highest BCUT2D eigenvalue weighted by molar-refractivity contribution is 5.82. The average molecular weight is 201 g/mol. The van der Waals surface area contributed by atoms with Crippen molar-refractivity contribution in [1.82, 2.24) is 10.2 Å². The number of nitrogens with zero attached hydrogens (tertiary/aromatic N) is 1. The summed E-state index contributed by atoms with van der Waals surface area (Å²) in [6, 6.07) is -0.225. The summed E-state index contributed by atoms with van der Waals surface area (Å²) in [5.74, 6) is 0.0121. The van der Waals surface area contributed by atoms with E-state index in [0.29, 0.717) is 19.5 Å². The molecule has 0 aromatic rings. The first kappa shape index (κ1) is 9.86. The summed E-state index contributed by atoms with van der Waals surface area (Å²) in [6.07, 6.45) is 0.294. The number of nitrogens with two attached hydrogens (primary N) is 1. The van der Waals surface area contributed by atoms with E-state index >= 15 is 0 Å². The number of amides is 1. The maximum absolute atomic E-state index is 12.8. The fourth-order valence-electron chi connectivity index (χ4n) is 2.09. The lowest BCUT2D eigenvalue weighted by molar-refractivity contribution is -0.132. The fraction of sp³-hybridized carbons (Fsp3) is 0.889. The molecule has 0 saturated carbocycles. The molecule has 80 valence electrons. The van der Waals surface area contributed by atoms with E-state index in [1.807, 2.05) is 0 Å². The fourth-order valence-corrected chi connectivity index (χ4v) is 2.09. The van der Waals surface area contributed by atoms with Crippen molar-refractivity contribution >= 4 is 5.91 Å². The summed E-state index contributed by atoms with van der Waals surface area (Å²) >= 11 is 0. The Morgan fingerprint density at radius 3 is 2.86 bits per heavy atom. The molecular formula is C9H16FN3O. The largest absolute Gasteiger partial charge is 0.340 e. The van der Waals surface area contributed by atoms with Crippen LogP contribution in [0.15, 0.2) is 0 Å². The zero-order valence-electron chi connectivity index (χ0n) is 8.08. The van der Waals surface area contributed by atoms with Gasteiger partial charge in [-0.25, -0.2) is 4.39 Å². The predicted octanol–water partition coefficient (Wildman–Crippen LogP) is -0.754. The quantitative estimate of drug-likeness (QED) is 0.586. The number of carbonyl (C=O) groups excluding carboxylic acids is 1. The van der Waals surface area contributed by atoms with Crippen LogP contribution in [-0.2, 0) is 4.79 Å². The van der Waals surface area contributed by atoms with E-state index in [9.17, 15) is 9.18 Å². The van der Waals surface area contributed by atoms with Crippen LogP contribution in [0.25, 0.3) is 0 Å². The second kappa shape index (κ2) is 3.82. The Labute approximate surface area is 82.6 Å². The normalized spacial score (nSPS) is 37.9. The molecule has 0 radical (unpaired) electrons. The van der Waals surface area contributed by atoms with E-state index in [2.05, 4.69) is 5.32 Å². The number of hydrogen-bond donors (Lipinski definition) is 2. The highest BCUT2D eigenvalue weighted by Crippen LogP contribution is 2.15. The molecule has 5 heteroatoms. The minimum atomic E-state index is -0.875. The molecule has 14 heavy (non-hydrogen) atoms. The molecule has 2 fully saturated rings. The van der Waals surface area contributed by atoms with Crippen LogP contribution in [0.3, 0.4) is 0 Å². The molecular weight excluding hydrogens is 185 g/mol. The summed E-state index contributed by atoms with van der Waals surface area (Å²) in [7, 11) is 0. The van der Waals surface area contributed by atoms with Crippen molar-refractivity contribution in [3.05, 3.63) is 0 Å². The Morgan fingerprint density at radius 1 is 1.57 bits per heavy atom. The minimum Gasteiger partial charge on any atom is -0.340 e. The van der Waals surface area contributed by atoms with Crippen LogP contribution in [0.2, 0.25) is 0 Å². The minimum absolute atomic E-state index is 0.0121. The molecule has 0 aromatic heterocycles. The molecule has 0 spiro atoms. The van der Waals surface area contributed by atoms with Gasteiger partial charge in [0.15, 0.2) is 0 Å². The molecule has 1 amide bonds. The maximum Gasteiger partial charge on any atom is 0.239 e. The Bertz CT molecular complexity index is 214. The number of carbonyl (C=O) groups is 1. The third kappa shape index (κ3) is 1.88. The van der Waals surface area contributed by atoms with Crippen LogP contribution in [0.1, 0.15) is 12.8 Å². The van der Waals surface area contributed by atoms with Gasteiger partial charge in [0, 0.05) is 32.1 Å². The van der Waals surface area contributed by atoms with Crippen LogP contribution >= 0.6 is 0 Å². The van der Waals surface area contributed by atoms with Gasteiger partial charge in [-0.15, -0.1) is 0 Å². The van der Waals surface area contributed by atoms with Gasteiger partial charge < -0.3 is 16.0 Å². The van der Waals surface area contributed by atoms with Crippen molar-refractivity contribution < 1.29 is 9.18 Å². The molecule has 2 aliphatic rings. The highest BCUT2D eigenvalue weighted by Gasteiger charge is 2.34. The van der Waals surface area contributed by atoms with Crippen molar-refractivity contribution in [3.63, 3.8) is 0 Å². The van der Waals surface area contributed by atoms with E-state index in [0.717, 1.165) is 13.0 Å². The van der Waals surface area contributed by atoms with Crippen LogP contribution in [0.5, 0.6) is 0 Å². The second-order valence-corrected chi connectivity index (χ2v) is 4.13. The summed E-state index contributed by atoms with van der Waals surface area (Å²) in [5, 5.41) is 2.89. The highest BCUT2D eigenvalue weighted by atomic mass is 19.1. The van der Waals surface area contributed by atoms with Crippen molar-refractivity contribution in [1.29, 1.82) is 0 Å². The summed E-state index contributed by atoms with van der Waals surface area (Å²) < 4.78 is 12.8. The van der Waals surface area contributed by atoms with E-state index in [1.54, 1.807) is 4.90 Å². The number of hydrogen-bond acceptors (Lipinski definition) is 3. The number of halogens is 1. The molecule has 0 bridgehead atoms. The van der Waals surface area contributed by atoms with Crippen LogP contribution < -0.4 is 11.1 Å². The predicted molar refractivity (Wildman–Crippen MR) is 50.5 cm³/mol. The van der Waals surface area contributed by atoms with E-state index < -0.39 is 6.17 Å². The molecule has 2 aliphatic heterocycles. The Morgan fingerprint density at radius 2 is 2.36 bits per heavy atom. The van der Waals surface area contributed by atoms with E-state index in [4.69, 9.17) is 5.73 Å². The Balaban J connectivity index is 1.89. The van der Waals surface area contributed by atoms with Crippen molar-refractivity contribution in [2.45, 2.75) is 31.1 Å². The number of alkyl halides is 1. The first-order valence-corrected chi connectivity index (χ1v) is 5.08. The Hall–Kier alpha value is -0.680. The lowest BCUT2D eigenvalue weighted by Gasteiger charge is -2.19. The lowest BCUT2D eigenvalue weighted by atomic mass is 10.2. The van der Waals surface area contributed by atoms with E-state index in [-0.39, 0.29) is 18.0 Å². The van der Waals surface area contributed by atoms with Gasteiger partial charge in [-0.3, -0.25) is 4.79 Å². The second-order valence-electron chi connectivity index (χ2n) is 4.13. The zero-order chi connectivity index (χ0) is 10.1. The first-order chi connectivity index (χ1) is 6.66. The van der Waals surface area contributed by atoms with Gasteiger partial charge in [-0.1, -0.05) is 0 Å². The topological polar surface area (TPSA) is 58.4 Å². The van der Waals surface area contributed by atoms with Gasteiger partial charge in [0.1, 0.15) is 6.17 Å². The van der Waals surface area contributed by atoms with Gasteiger partial charge in [-0.05, 0) is 6.42 Å².